The lowest BCUT2D eigenvalue weighted by Gasteiger charge is -2.49. The molecule has 1 aromatic rings. The van der Waals surface area contributed by atoms with E-state index in [1.165, 1.54) is 9.80 Å². The molecule has 1 N–H and O–H groups in total. The summed E-state index contributed by atoms with van der Waals surface area (Å²) in [5.41, 5.74) is 0. The van der Waals surface area contributed by atoms with Crippen molar-refractivity contribution in [1.82, 2.24) is 0 Å². The predicted molar refractivity (Wildman–Crippen MR) is 94.6 cm³/mol. The Balaban J connectivity index is 0.00000172. The van der Waals surface area contributed by atoms with Crippen LogP contribution in [0.2, 0.25) is 0 Å². The molecule has 0 amide bonds. The molecule has 0 heterocycles. The van der Waals surface area contributed by atoms with Crippen LogP contribution in [0.25, 0.3) is 0 Å². The summed E-state index contributed by atoms with van der Waals surface area (Å²) in [6, 6.07) is 10.7. The van der Waals surface area contributed by atoms with Crippen molar-refractivity contribution >= 4 is 10.0 Å². The normalized spacial score (nSPS) is 16.2. The van der Waals surface area contributed by atoms with E-state index < -0.39 is 10.0 Å². The Morgan fingerprint density at radius 2 is 1.60 bits per heavy atom. The second-order valence-electron chi connectivity index (χ2n) is 5.35. The molecular formula is C18H28OS. The molecule has 1 atom stereocenters. The third kappa shape index (κ3) is 3.87. The van der Waals surface area contributed by atoms with Crippen LogP contribution in [0.15, 0.2) is 71.5 Å². The van der Waals surface area contributed by atoms with E-state index in [-0.39, 0.29) is 4.75 Å². The van der Waals surface area contributed by atoms with E-state index in [0.717, 1.165) is 7.11 Å². The molecule has 1 rings (SSSR count). The van der Waals surface area contributed by atoms with Crippen LogP contribution in [-0.2, 0) is 0 Å². The van der Waals surface area contributed by atoms with Crippen molar-refractivity contribution in [2.24, 2.45) is 0 Å². The Morgan fingerprint density at radius 3 is 1.95 bits per heavy atom. The van der Waals surface area contributed by atoms with Crippen LogP contribution >= 0.6 is 10.0 Å². The molecule has 0 spiro atoms. The van der Waals surface area contributed by atoms with E-state index >= 15 is 0 Å². The summed E-state index contributed by atoms with van der Waals surface area (Å²) in [5, 5.41) is 7.00. The van der Waals surface area contributed by atoms with Crippen LogP contribution in [0.5, 0.6) is 0 Å². The van der Waals surface area contributed by atoms with Crippen molar-refractivity contribution < 1.29 is 5.11 Å². The minimum absolute atomic E-state index is 0.178. The fraction of sp³-hybridized carbons (Fsp3) is 0.333. The molecule has 0 saturated heterocycles. The second-order valence-corrected chi connectivity index (χ2v) is 9.36. The number of hydrogen-bond acceptors (Lipinski definition) is 1. The van der Waals surface area contributed by atoms with Crippen molar-refractivity contribution in [1.29, 1.82) is 0 Å². The van der Waals surface area contributed by atoms with Gasteiger partial charge in [-0.15, -0.1) is 0 Å². The summed E-state index contributed by atoms with van der Waals surface area (Å²) >= 11 is 0. The highest BCUT2D eigenvalue weighted by atomic mass is 32.3. The number of aliphatic hydroxyl groups is 1. The monoisotopic (exact) mass is 292 g/mol. The predicted octanol–water partition coefficient (Wildman–Crippen LogP) is 5.14. The quantitative estimate of drug-likeness (QED) is 0.762. The smallest absolute Gasteiger partial charge is 0.0319 e. The molecule has 2 heteroatoms. The number of allylic oxidation sites excluding steroid dienone is 3. The van der Waals surface area contributed by atoms with Gasteiger partial charge >= 0.3 is 0 Å². The van der Waals surface area contributed by atoms with E-state index in [4.69, 9.17) is 5.11 Å². The summed E-state index contributed by atoms with van der Waals surface area (Å²) in [6.07, 6.45) is 8.30. The Labute approximate surface area is 126 Å². The maximum Gasteiger partial charge on any atom is 0.0319 e. The minimum atomic E-state index is -1.12. The largest absolute Gasteiger partial charge is 0.400 e. The van der Waals surface area contributed by atoms with Crippen molar-refractivity contribution in [3.05, 3.63) is 66.6 Å². The molecular weight excluding hydrogens is 264 g/mol. The molecule has 0 bridgehead atoms. The van der Waals surface area contributed by atoms with Crippen LogP contribution in [0.1, 0.15) is 20.8 Å². The van der Waals surface area contributed by atoms with Gasteiger partial charge in [0.25, 0.3) is 0 Å². The summed E-state index contributed by atoms with van der Waals surface area (Å²) in [6.45, 7) is 14.7. The minimum Gasteiger partial charge on any atom is -0.400 e. The van der Waals surface area contributed by atoms with Crippen LogP contribution in [0.4, 0.5) is 0 Å². The zero-order valence-corrected chi connectivity index (χ0v) is 14.2. The van der Waals surface area contributed by atoms with Crippen LogP contribution in [0, 0.1) is 0 Å². The topological polar surface area (TPSA) is 20.2 Å². The third-order valence-electron chi connectivity index (χ3n) is 3.39. The van der Waals surface area contributed by atoms with Gasteiger partial charge in [0.2, 0.25) is 0 Å². The Kier molecular flexibility index (Phi) is 7.62. The van der Waals surface area contributed by atoms with Crippen molar-refractivity contribution in [2.45, 2.75) is 30.4 Å². The van der Waals surface area contributed by atoms with E-state index in [9.17, 15) is 0 Å². The lowest BCUT2D eigenvalue weighted by Crippen LogP contribution is -2.25. The van der Waals surface area contributed by atoms with Gasteiger partial charge in [0.1, 0.15) is 0 Å². The van der Waals surface area contributed by atoms with Crippen LogP contribution in [-0.4, -0.2) is 23.2 Å². The van der Waals surface area contributed by atoms with Crippen molar-refractivity contribution in [3.8, 4) is 0 Å². The Hall–Kier alpha value is -1.25. The standard InChI is InChI=1S/C17H24S.CH4O/c1-7-12-15(8-2)18(6,17(3,4)5)16-13-10-9-11-14-16;1-2/h7-14H,1-2H2,3-6H3;2H,1H3/b15-12+;. The summed E-state index contributed by atoms with van der Waals surface area (Å²) in [7, 11) is -0.115. The summed E-state index contributed by atoms with van der Waals surface area (Å²) in [4.78, 5) is 2.68. The van der Waals surface area contributed by atoms with Gasteiger partial charge in [-0.25, -0.2) is 0 Å². The average Bonchev–Trinajstić information content (AvgIpc) is 2.46. The Bertz CT molecular complexity index is 454. The summed E-state index contributed by atoms with van der Waals surface area (Å²) in [5.74, 6) is 0. The van der Waals surface area contributed by atoms with E-state index in [0.29, 0.717) is 0 Å². The molecule has 0 radical (unpaired) electrons. The van der Waals surface area contributed by atoms with Gasteiger partial charge in [-0.1, -0.05) is 70.4 Å². The van der Waals surface area contributed by atoms with Gasteiger partial charge in [0, 0.05) is 7.11 Å². The second kappa shape index (κ2) is 8.13. The highest BCUT2D eigenvalue weighted by Crippen LogP contribution is 2.68. The first-order valence-corrected chi connectivity index (χ1v) is 8.65. The molecule has 0 aliphatic heterocycles. The van der Waals surface area contributed by atoms with Gasteiger partial charge in [-0.05, 0) is 32.9 Å². The lowest BCUT2D eigenvalue weighted by atomic mass is 10.3. The molecule has 0 fully saturated rings. The fourth-order valence-electron chi connectivity index (χ4n) is 2.02. The molecule has 1 unspecified atom stereocenters. The SMILES string of the molecule is C=C/C=C(\C=C)S(C)(c1ccccc1)C(C)(C)C.CO. The van der Waals surface area contributed by atoms with E-state index in [2.05, 4.69) is 76.6 Å². The van der Waals surface area contributed by atoms with Crippen LogP contribution < -0.4 is 0 Å². The van der Waals surface area contributed by atoms with Gasteiger partial charge in [0.15, 0.2) is 0 Å². The zero-order valence-electron chi connectivity index (χ0n) is 13.4. The van der Waals surface area contributed by atoms with Crippen molar-refractivity contribution in [3.63, 3.8) is 0 Å². The van der Waals surface area contributed by atoms with Crippen molar-refractivity contribution in [2.75, 3.05) is 13.4 Å². The van der Waals surface area contributed by atoms with Gasteiger partial charge < -0.3 is 5.11 Å². The van der Waals surface area contributed by atoms with Crippen LogP contribution in [0.3, 0.4) is 0 Å². The molecule has 20 heavy (non-hydrogen) atoms. The summed E-state index contributed by atoms with van der Waals surface area (Å²) < 4.78 is 0.178. The van der Waals surface area contributed by atoms with Gasteiger partial charge in [-0.2, -0.15) is 10.0 Å². The molecule has 0 aliphatic carbocycles. The van der Waals surface area contributed by atoms with E-state index in [1.807, 2.05) is 12.2 Å². The number of hydrogen-bond donors (Lipinski definition) is 1. The molecule has 0 aliphatic rings. The van der Waals surface area contributed by atoms with Gasteiger partial charge in [-0.3, -0.25) is 0 Å². The molecule has 1 aromatic carbocycles. The van der Waals surface area contributed by atoms with Gasteiger partial charge in [0.05, 0.1) is 0 Å². The third-order valence-corrected chi connectivity index (χ3v) is 8.30. The zero-order chi connectivity index (χ0) is 15.8. The highest BCUT2D eigenvalue weighted by molar-refractivity contribution is 8.37. The maximum absolute atomic E-state index is 7.00. The first-order chi connectivity index (χ1) is 9.37. The Morgan fingerprint density at radius 1 is 1.10 bits per heavy atom. The first kappa shape index (κ1) is 18.8. The lowest BCUT2D eigenvalue weighted by molar-refractivity contribution is 0.399. The first-order valence-electron chi connectivity index (χ1n) is 6.61. The molecule has 0 aromatic heterocycles. The number of aliphatic hydroxyl groups excluding tert-OH is 1. The fourth-order valence-corrected chi connectivity index (χ4v) is 5.11. The molecule has 112 valence electrons. The van der Waals surface area contributed by atoms with E-state index in [1.54, 1.807) is 0 Å². The number of rotatable bonds is 4. The maximum atomic E-state index is 7.00. The average molecular weight is 292 g/mol. The number of benzene rings is 1. The molecule has 0 saturated carbocycles. The highest BCUT2D eigenvalue weighted by Gasteiger charge is 2.35. The molecule has 1 nitrogen and oxygen atoms in total.